The lowest BCUT2D eigenvalue weighted by Crippen LogP contribution is -1.93. The molecule has 0 atom stereocenters. The van der Waals surface area contributed by atoms with Crippen molar-refractivity contribution in [1.82, 2.24) is 15.0 Å². The molecule has 7 heteroatoms. The Bertz CT molecular complexity index is 1290. The van der Waals surface area contributed by atoms with Crippen LogP contribution in [0.15, 0.2) is 60.7 Å². The first-order valence-corrected chi connectivity index (χ1v) is 9.90. The van der Waals surface area contributed by atoms with Gasteiger partial charge in [-0.25, -0.2) is 9.97 Å². The van der Waals surface area contributed by atoms with Crippen LogP contribution in [0.1, 0.15) is 0 Å². The third-order valence-electron chi connectivity index (χ3n) is 4.70. The normalized spacial score (nSPS) is 11.1. The predicted molar refractivity (Wildman–Crippen MR) is 118 cm³/mol. The van der Waals surface area contributed by atoms with Crippen LogP contribution in [0, 0.1) is 0 Å². The topological polar surface area (TPSA) is 72.1 Å². The second kappa shape index (κ2) is 7.10. The Morgan fingerprint density at radius 3 is 2.59 bits per heavy atom. The van der Waals surface area contributed by atoms with E-state index in [-0.39, 0.29) is 0 Å². The number of aromatic nitrogens is 3. The highest BCUT2D eigenvalue weighted by atomic mass is 32.1. The van der Waals surface area contributed by atoms with Gasteiger partial charge in [0.2, 0.25) is 0 Å². The molecule has 0 aliphatic heterocycles. The maximum absolute atomic E-state index is 5.48. The minimum Gasteiger partial charge on any atom is -0.497 e. The Balaban J connectivity index is 1.56. The number of hydrogen-bond donors (Lipinski definition) is 2. The van der Waals surface area contributed by atoms with Crippen molar-refractivity contribution >= 4 is 43.4 Å². The number of para-hydroxylation sites is 3. The van der Waals surface area contributed by atoms with Crippen molar-refractivity contribution in [2.45, 2.75) is 0 Å². The molecule has 0 radical (unpaired) electrons. The number of methoxy groups -OCH3 is 2. The van der Waals surface area contributed by atoms with Crippen LogP contribution in [0.2, 0.25) is 0 Å². The van der Waals surface area contributed by atoms with Gasteiger partial charge in [0, 0.05) is 11.6 Å². The van der Waals surface area contributed by atoms with Crippen molar-refractivity contribution in [3.8, 4) is 22.9 Å². The summed E-state index contributed by atoms with van der Waals surface area (Å²) in [4.78, 5) is 12.9. The molecule has 0 aliphatic carbocycles. The van der Waals surface area contributed by atoms with E-state index < -0.39 is 0 Å². The van der Waals surface area contributed by atoms with Crippen LogP contribution in [-0.4, -0.2) is 29.2 Å². The summed E-state index contributed by atoms with van der Waals surface area (Å²) >= 11 is 1.55. The zero-order valence-corrected chi connectivity index (χ0v) is 16.7. The molecule has 0 bridgehead atoms. The fourth-order valence-corrected chi connectivity index (χ4v) is 4.22. The summed E-state index contributed by atoms with van der Waals surface area (Å²) in [6, 6.07) is 19.9. The number of imidazole rings is 1. The first kappa shape index (κ1) is 17.5. The second-order valence-corrected chi connectivity index (χ2v) is 7.50. The molecule has 0 unspecified atom stereocenters. The zero-order chi connectivity index (χ0) is 19.8. The van der Waals surface area contributed by atoms with Crippen LogP contribution in [0.3, 0.4) is 0 Å². The lowest BCUT2D eigenvalue weighted by molar-refractivity contribution is 0.397. The number of nitrogens with one attached hydrogen (secondary N) is 2. The van der Waals surface area contributed by atoms with E-state index in [1.807, 2.05) is 60.7 Å². The first-order chi connectivity index (χ1) is 14.2. The number of rotatable bonds is 5. The third kappa shape index (κ3) is 3.15. The quantitative estimate of drug-likeness (QED) is 0.400. The van der Waals surface area contributed by atoms with E-state index in [0.717, 1.165) is 49.2 Å². The summed E-state index contributed by atoms with van der Waals surface area (Å²) in [5.74, 6) is 2.25. The van der Waals surface area contributed by atoms with E-state index >= 15 is 0 Å². The van der Waals surface area contributed by atoms with Crippen molar-refractivity contribution in [1.29, 1.82) is 0 Å². The number of thiazole rings is 1. The van der Waals surface area contributed by atoms with Crippen molar-refractivity contribution in [3.05, 3.63) is 60.7 Å². The van der Waals surface area contributed by atoms with Crippen molar-refractivity contribution in [2.75, 3.05) is 19.5 Å². The van der Waals surface area contributed by atoms with E-state index in [4.69, 9.17) is 19.4 Å². The number of fused-ring (bicyclic) bond motifs is 2. The van der Waals surface area contributed by atoms with Crippen LogP contribution in [0.25, 0.3) is 32.6 Å². The average molecular weight is 402 g/mol. The van der Waals surface area contributed by atoms with Gasteiger partial charge in [0.25, 0.3) is 0 Å². The van der Waals surface area contributed by atoms with E-state index in [1.54, 1.807) is 25.6 Å². The average Bonchev–Trinajstić information content (AvgIpc) is 3.36. The van der Waals surface area contributed by atoms with Gasteiger partial charge in [-0.3, -0.25) is 0 Å². The molecule has 29 heavy (non-hydrogen) atoms. The fraction of sp³-hybridized carbons (Fsp3) is 0.0909. The first-order valence-electron chi connectivity index (χ1n) is 9.09. The van der Waals surface area contributed by atoms with Gasteiger partial charge in [0.05, 0.1) is 35.6 Å². The smallest absolute Gasteiger partial charge is 0.188 e. The minimum atomic E-state index is 0.689. The summed E-state index contributed by atoms with van der Waals surface area (Å²) < 4.78 is 11.8. The molecule has 2 aromatic heterocycles. The van der Waals surface area contributed by atoms with Crippen molar-refractivity contribution < 1.29 is 9.47 Å². The predicted octanol–water partition coefficient (Wildman–Crippen LogP) is 5.60. The molecule has 144 valence electrons. The summed E-state index contributed by atoms with van der Waals surface area (Å²) in [6.45, 7) is 0. The molecule has 0 fully saturated rings. The maximum Gasteiger partial charge on any atom is 0.188 e. The standard InChI is InChI=1S/C22H18N4O2S/c1-27-13-11-18(28-2)20-19(12-13)29-22(26-20)25-15-8-4-3-7-14(15)21-23-16-9-5-6-10-17(16)24-21/h3-12H,1-2H3,(H,23,24)(H,25,26). The third-order valence-corrected chi connectivity index (χ3v) is 5.62. The fourth-order valence-electron chi connectivity index (χ4n) is 3.30. The van der Waals surface area contributed by atoms with Crippen molar-refractivity contribution in [2.24, 2.45) is 0 Å². The number of ether oxygens (including phenoxy) is 2. The largest absolute Gasteiger partial charge is 0.497 e. The SMILES string of the molecule is COc1cc(OC)c2nc(Nc3ccccc3-c3nc4ccccc4[nH]3)sc2c1. The Labute approximate surface area is 171 Å². The molecular formula is C22H18N4O2S. The molecule has 0 saturated heterocycles. The van der Waals surface area contributed by atoms with Gasteiger partial charge in [-0.1, -0.05) is 35.6 Å². The van der Waals surface area contributed by atoms with Gasteiger partial charge >= 0.3 is 0 Å². The van der Waals surface area contributed by atoms with E-state index in [9.17, 15) is 0 Å². The molecule has 2 heterocycles. The highest BCUT2D eigenvalue weighted by molar-refractivity contribution is 7.22. The summed E-state index contributed by atoms with van der Waals surface area (Å²) in [5, 5.41) is 4.22. The van der Waals surface area contributed by atoms with Crippen LogP contribution >= 0.6 is 11.3 Å². The van der Waals surface area contributed by atoms with Gasteiger partial charge in [0.15, 0.2) is 5.13 Å². The number of anilines is 2. The molecule has 0 aliphatic rings. The number of aromatic amines is 1. The molecule has 2 N–H and O–H groups in total. The maximum atomic E-state index is 5.48. The van der Waals surface area contributed by atoms with Gasteiger partial charge in [0.1, 0.15) is 22.8 Å². The highest BCUT2D eigenvalue weighted by Gasteiger charge is 2.14. The molecule has 0 amide bonds. The molecule has 5 rings (SSSR count). The Morgan fingerprint density at radius 2 is 1.76 bits per heavy atom. The minimum absolute atomic E-state index is 0.689. The molecule has 5 aromatic rings. The number of hydrogen-bond acceptors (Lipinski definition) is 6. The Hall–Kier alpha value is -3.58. The van der Waals surface area contributed by atoms with Gasteiger partial charge in [-0.2, -0.15) is 0 Å². The lowest BCUT2D eigenvalue weighted by Gasteiger charge is -2.07. The lowest BCUT2D eigenvalue weighted by atomic mass is 10.1. The van der Waals surface area contributed by atoms with Crippen molar-refractivity contribution in [3.63, 3.8) is 0 Å². The molecule has 3 aromatic carbocycles. The number of benzene rings is 3. The monoisotopic (exact) mass is 402 g/mol. The molecule has 0 spiro atoms. The molecule has 0 saturated carbocycles. The zero-order valence-electron chi connectivity index (χ0n) is 15.9. The summed E-state index contributed by atoms with van der Waals surface area (Å²) in [7, 11) is 3.28. The molecule has 6 nitrogen and oxygen atoms in total. The Morgan fingerprint density at radius 1 is 0.931 bits per heavy atom. The van der Waals surface area contributed by atoms with Crippen LogP contribution in [0.4, 0.5) is 10.8 Å². The van der Waals surface area contributed by atoms with Crippen LogP contribution in [0.5, 0.6) is 11.5 Å². The van der Waals surface area contributed by atoms with E-state index in [0.29, 0.717) is 5.75 Å². The van der Waals surface area contributed by atoms with Crippen LogP contribution < -0.4 is 14.8 Å². The van der Waals surface area contributed by atoms with E-state index in [2.05, 4.69) is 10.3 Å². The summed E-state index contributed by atoms with van der Waals surface area (Å²) in [6.07, 6.45) is 0. The summed E-state index contributed by atoms with van der Waals surface area (Å²) in [5.41, 5.74) is 4.66. The number of nitrogens with zero attached hydrogens (tertiary/aromatic N) is 2. The van der Waals surface area contributed by atoms with Gasteiger partial charge < -0.3 is 19.8 Å². The number of H-pyrrole nitrogens is 1. The van der Waals surface area contributed by atoms with Crippen LogP contribution in [-0.2, 0) is 0 Å². The highest BCUT2D eigenvalue weighted by Crippen LogP contribution is 2.38. The van der Waals surface area contributed by atoms with Gasteiger partial charge in [-0.15, -0.1) is 0 Å². The second-order valence-electron chi connectivity index (χ2n) is 6.47. The van der Waals surface area contributed by atoms with Gasteiger partial charge in [-0.05, 0) is 30.3 Å². The molecular weight excluding hydrogens is 384 g/mol. The Kier molecular flexibility index (Phi) is 4.29. The van der Waals surface area contributed by atoms with E-state index in [1.165, 1.54) is 0 Å².